The molecule has 0 radical (unpaired) electrons. The highest BCUT2D eigenvalue weighted by Crippen LogP contribution is 2.27. The number of hydrogen-bond donors (Lipinski definition) is 5. The van der Waals surface area contributed by atoms with E-state index < -0.39 is 36.8 Å². The van der Waals surface area contributed by atoms with Gasteiger partial charge in [0.05, 0.1) is 6.61 Å². The predicted molar refractivity (Wildman–Crippen MR) is 53.9 cm³/mol. The quantitative estimate of drug-likeness (QED) is 0.385. The molecule has 1 aliphatic heterocycles. The summed E-state index contributed by atoms with van der Waals surface area (Å²) in [6, 6.07) is 1.18. The van der Waals surface area contributed by atoms with Crippen molar-refractivity contribution >= 4 is 0 Å². The molecule has 1 aliphatic rings. The number of hydrogen-bond acceptors (Lipinski definition) is 6. The van der Waals surface area contributed by atoms with Gasteiger partial charge in [-0.15, -0.1) is 0 Å². The largest absolute Gasteiger partial charge is 0.394 e. The van der Waals surface area contributed by atoms with E-state index in [1.807, 2.05) is 0 Å². The molecule has 0 amide bonds. The smallest absolute Gasteiger partial charge is 0.329 e. The maximum atomic E-state index is 11.7. The number of H-pyrrole nitrogens is 1. The number of rotatable bonds is 2. The summed E-state index contributed by atoms with van der Waals surface area (Å²) in [6.45, 7) is -0.499. The summed E-state index contributed by atoms with van der Waals surface area (Å²) in [5.41, 5.74) is -1.19. The lowest BCUT2D eigenvalue weighted by Gasteiger charge is -2.16. The van der Waals surface area contributed by atoms with Gasteiger partial charge in [0.15, 0.2) is 7.64 Å². The fraction of sp³-hybridized carbons (Fsp3) is 0.556. The highest BCUT2D eigenvalue weighted by molar-refractivity contribution is 4.92. The van der Waals surface area contributed by atoms with Crippen molar-refractivity contribution in [1.29, 1.82) is 5.41 Å². The Labute approximate surface area is 96.7 Å². The highest BCUT2D eigenvalue weighted by atomic mass is 16.6. The van der Waals surface area contributed by atoms with E-state index in [0.717, 1.165) is 4.57 Å². The highest BCUT2D eigenvalue weighted by Gasteiger charge is 2.43. The van der Waals surface area contributed by atoms with Crippen LogP contribution in [0.2, 0.25) is 1.41 Å². The van der Waals surface area contributed by atoms with E-state index in [-0.39, 0.29) is 5.49 Å². The van der Waals surface area contributed by atoms with E-state index in [1.54, 1.807) is 0 Å². The van der Waals surface area contributed by atoms with Crippen molar-refractivity contribution in [1.82, 2.24) is 9.54 Å². The van der Waals surface area contributed by atoms with Gasteiger partial charge in [0.2, 0.25) is 0 Å². The van der Waals surface area contributed by atoms with Gasteiger partial charge in [-0.25, -0.2) is 4.79 Å². The van der Waals surface area contributed by atoms with Crippen LogP contribution in [0.5, 0.6) is 0 Å². The first kappa shape index (κ1) is 10.7. The van der Waals surface area contributed by atoms with Crippen LogP contribution in [0.3, 0.4) is 0 Å². The van der Waals surface area contributed by atoms with Gasteiger partial charge in [0.1, 0.15) is 23.8 Å². The maximum absolute atomic E-state index is 11.7. The fourth-order valence-corrected chi connectivity index (χ4v) is 1.72. The Morgan fingerprint density at radius 3 is 2.88 bits per heavy atom. The van der Waals surface area contributed by atoms with Gasteiger partial charge in [-0.3, -0.25) is 15.0 Å². The molecular weight excluding hydrogens is 230 g/mol. The monoisotopic (exact) mass is 244 g/mol. The van der Waals surface area contributed by atoms with Crippen LogP contribution >= 0.6 is 0 Å². The lowest BCUT2D eigenvalue weighted by Crippen LogP contribution is -2.37. The Balaban J connectivity index is 2.42. The number of ether oxygens (including phenoxy) is 1. The van der Waals surface area contributed by atoms with Gasteiger partial charge in [-0.2, -0.15) is 0 Å². The van der Waals surface area contributed by atoms with Gasteiger partial charge in [0, 0.05) is 6.20 Å². The van der Waals surface area contributed by atoms with Gasteiger partial charge in [0.25, 0.3) is 0 Å². The molecule has 5 N–H and O–H groups in total. The third kappa shape index (κ3) is 2.03. The van der Waals surface area contributed by atoms with E-state index >= 15 is 0 Å². The van der Waals surface area contributed by atoms with Crippen molar-refractivity contribution in [2.45, 2.75) is 24.5 Å². The first-order chi connectivity index (χ1) is 8.47. The van der Waals surface area contributed by atoms with E-state index in [4.69, 9.17) is 16.7 Å². The summed E-state index contributed by atoms with van der Waals surface area (Å²) in [6.07, 6.45) is -3.71. The van der Waals surface area contributed by atoms with Crippen LogP contribution in [0.25, 0.3) is 0 Å². The van der Waals surface area contributed by atoms with Crippen LogP contribution in [0, 0.1) is 5.41 Å². The molecule has 0 aliphatic carbocycles. The number of nitrogens with zero attached hydrogens (tertiary/aromatic N) is 1. The SMILES string of the molecule is [2H]n1c(=N)ccn([C@@H]2O[C@H](CO)[C@@H](O)[C@H]2O)c1=O. The maximum Gasteiger partial charge on any atom is 0.329 e. The Kier molecular flexibility index (Phi) is 2.77. The molecular formula is C9H13N3O5. The molecule has 8 nitrogen and oxygen atoms in total. The molecule has 0 spiro atoms. The minimum Gasteiger partial charge on any atom is -0.394 e. The zero-order chi connectivity index (χ0) is 13.4. The first-order valence-electron chi connectivity index (χ1n) is 5.42. The Morgan fingerprint density at radius 1 is 1.59 bits per heavy atom. The zero-order valence-electron chi connectivity index (χ0n) is 9.72. The molecule has 4 atom stereocenters. The molecule has 1 aromatic heterocycles. The number of nitrogens with one attached hydrogen (secondary N) is 2. The van der Waals surface area contributed by atoms with Crippen molar-refractivity contribution in [2.75, 3.05) is 6.61 Å². The van der Waals surface area contributed by atoms with Crippen molar-refractivity contribution < 1.29 is 21.5 Å². The normalized spacial score (nSPS) is 33.7. The second-order valence-corrected chi connectivity index (χ2v) is 3.73. The van der Waals surface area contributed by atoms with Crippen LogP contribution in [0.1, 0.15) is 6.23 Å². The van der Waals surface area contributed by atoms with Crippen molar-refractivity contribution in [2.24, 2.45) is 0 Å². The molecule has 94 valence electrons. The molecule has 1 fully saturated rings. The lowest BCUT2D eigenvalue weighted by atomic mass is 10.1. The van der Waals surface area contributed by atoms with Crippen LogP contribution < -0.4 is 11.2 Å². The second kappa shape index (κ2) is 4.41. The van der Waals surface area contributed by atoms with Gasteiger partial charge in [-0.1, -0.05) is 0 Å². The number of aliphatic hydroxyl groups is 3. The molecule has 8 heteroatoms. The predicted octanol–water partition coefficient (Wildman–Crippen LogP) is -2.73. The third-order valence-electron chi connectivity index (χ3n) is 2.62. The third-order valence-corrected chi connectivity index (χ3v) is 2.62. The van der Waals surface area contributed by atoms with Gasteiger partial charge < -0.3 is 20.1 Å². The summed E-state index contributed by atoms with van der Waals surface area (Å²) in [5, 5.41) is 35.5. The molecule has 0 aromatic carbocycles. The average Bonchev–Trinajstić information content (AvgIpc) is 2.64. The molecule has 2 rings (SSSR count). The average molecular weight is 244 g/mol. The standard InChI is InChI=1S/C9H13N3O5/c10-5-1-2-12(9(16)11-5)8-7(15)6(14)4(3-13)17-8/h1-2,4,6-8,13-15H,3H2,(H2,10,11,16)/t4-,6-,7-,8-/m1/s1/i/hD. The number of aromatic amines is 1. The Bertz CT molecular complexity index is 556. The van der Waals surface area contributed by atoms with Crippen LogP contribution in [0.4, 0.5) is 0 Å². The van der Waals surface area contributed by atoms with E-state index in [2.05, 4.69) is 0 Å². The molecule has 2 heterocycles. The Hall–Kier alpha value is -1.48. The summed E-state index contributed by atoms with van der Waals surface area (Å²) < 4.78 is 13.4. The molecule has 0 saturated carbocycles. The summed E-state index contributed by atoms with van der Waals surface area (Å²) in [4.78, 5) is 12.0. The molecule has 0 unspecified atom stereocenters. The fourth-order valence-electron chi connectivity index (χ4n) is 1.72. The number of aromatic nitrogens is 2. The number of aliphatic hydroxyl groups excluding tert-OH is 3. The molecule has 17 heavy (non-hydrogen) atoms. The summed E-state index contributed by atoms with van der Waals surface area (Å²) in [5.74, 6) is 0. The Morgan fingerprint density at radius 2 is 2.29 bits per heavy atom. The first-order valence-corrected chi connectivity index (χ1v) is 4.98. The second-order valence-electron chi connectivity index (χ2n) is 3.73. The minimum atomic E-state index is -1.39. The van der Waals surface area contributed by atoms with E-state index in [0.29, 0.717) is 4.98 Å². The van der Waals surface area contributed by atoms with E-state index in [9.17, 15) is 15.0 Å². The molecule has 0 bridgehead atoms. The van der Waals surface area contributed by atoms with Crippen molar-refractivity contribution in [3.05, 3.63) is 28.2 Å². The minimum absolute atomic E-state index is 0.317. The molecule has 1 aromatic rings. The van der Waals surface area contributed by atoms with Crippen molar-refractivity contribution in [3.8, 4) is 0 Å². The van der Waals surface area contributed by atoms with E-state index in [1.165, 1.54) is 12.3 Å². The van der Waals surface area contributed by atoms with Crippen molar-refractivity contribution in [3.63, 3.8) is 0 Å². The van der Waals surface area contributed by atoms with Crippen LogP contribution in [0.15, 0.2) is 17.1 Å². The topological polar surface area (TPSA) is 132 Å². The van der Waals surface area contributed by atoms with Crippen LogP contribution in [-0.2, 0) is 4.74 Å². The van der Waals surface area contributed by atoms with Crippen LogP contribution in [-0.4, -0.2) is 49.8 Å². The summed E-state index contributed by atoms with van der Waals surface area (Å²) >= 11 is 0. The summed E-state index contributed by atoms with van der Waals surface area (Å²) in [7, 11) is 0. The van der Waals surface area contributed by atoms with Gasteiger partial charge >= 0.3 is 5.69 Å². The lowest BCUT2D eigenvalue weighted by molar-refractivity contribution is -0.0550. The van der Waals surface area contributed by atoms with Gasteiger partial charge in [-0.05, 0) is 6.07 Å². The zero-order valence-corrected chi connectivity index (χ0v) is 8.72. The molecule has 1 saturated heterocycles.